The Bertz CT molecular complexity index is 435. The summed E-state index contributed by atoms with van der Waals surface area (Å²) in [6, 6.07) is 3.60. The van der Waals surface area contributed by atoms with E-state index < -0.39 is 0 Å². The van der Waals surface area contributed by atoms with Crippen molar-refractivity contribution in [3.63, 3.8) is 0 Å². The summed E-state index contributed by atoms with van der Waals surface area (Å²) in [6.07, 6.45) is 0. The first kappa shape index (κ1) is 13.2. The lowest BCUT2D eigenvalue weighted by molar-refractivity contribution is 0.648. The van der Waals surface area contributed by atoms with Crippen molar-refractivity contribution in [3.05, 3.63) is 22.2 Å². The van der Waals surface area contributed by atoms with Crippen LogP contribution < -0.4 is 10.6 Å². The van der Waals surface area contributed by atoms with Gasteiger partial charge in [-0.05, 0) is 26.0 Å². The molecule has 94 valence electrons. The van der Waals surface area contributed by atoms with Crippen LogP contribution in [-0.2, 0) is 0 Å². The van der Waals surface area contributed by atoms with Crippen LogP contribution in [0.1, 0.15) is 13.8 Å². The Hall–Kier alpha value is -0.250. The molecule has 2 N–H and O–H groups in total. The van der Waals surface area contributed by atoms with E-state index >= 15 is 0 Å². The van der Waals surface area contributed by atoms with Gasteiger partial charge in [0.2, 0.25) is 0 Å². The van der Waals surface area contributed by atoms with Gasteiger partial charge in [0, 0.05) is 23.6 Å². The third kappa shape index (κ3) is 2.95. The Balaban J connectivity index is 2.31. The molecule has 1 fully saturated rings. The van der Waals surface area contributed by atoms with Crippen LogP contribution in [-0.4, -0.2) is 23.6 Å². The molecule has 0 spiro atoms. The minimum absolute atomic E-state index is 0.247. The molecule has 0 aliphatic carbocycles. The average molecular weight is 291 g/mol. The maximum Gasteiger partial charge on any atom is 0.0616 e. The van der Waals surface area contributed by atoms with E-state index in [0.29, 0.717) is 15.7 Å². The van der Waals surface area contributed by atoms with Gasteiger partial charge < -0.3 is 10.6 Å². The van der Waals surface area contributed by atoms with Crippen molar-refractivity contribution < 1.29 is 0 Å². The molecular weight excluding hydrogens is 275 g/mol. The number of thioether (sulfide) groups is 1. The van der Waals surface area contributed by atoms with E-state index in [4.69, 9.17) is 28.9 Å². The van der Waals surface area contributed by atoms with Gasteiger partial charge in [-0.1, -0.05) is 23.2 Å². The predicted molar refractivity (Wildman–Crippen MR) is 79.6 cm³/mol. The lowest BCUT2D eigenvalue weighted by Crippen LogP contribution is -2.43. The van der Waals surface area contributed by atoms with E-state index in [0.717, 1.165) is 24.5 Å². The van der Waals surface area contributed by atoms with Crippen molar-refractivity contribution in [1.82, 2.24) is 0 Å². The molecule has 0 amide bonds. The first-order valence-electron chi connectivity index (χ1n) is 5.52. The highest BCUT2D eigenvalue weighted by atomic mass is 35.5. The molecule has 1 aliphatic rings. The highest BCUT2D eigenvalue weighted by Crippen LogP contribution is 2.37. The van der Waals surface area contributed by atoms with Crippen LogP contribution in [0.4, 0.5) is 11.4 Å². The molecule has 5 heteroatoms. The van der Waals surface area contributed by atoms with Crippen molar-refractivity contribution in [2.75, 3.05) is 29.5 Å². The van der Waals surface area contributed by atoms with Crippen LogP contribution in [0.2, 0.25) is 10.0 Å². The first-order chi connectivity index (χ1) is 7.89. The van der Waals surface area contributed by atoms with Gasteiger partial charge in [0.1, 0.15) is 0 Å². The number of benzene rings is 1. The maximum atomic E-state index is 6.06. The molecule has 1 aromatic rings. The van der Waals surface area contributed by atoms with Crippen molar-refractivity contribution in [2.24, 2.45) is 0 Å². The maximum absolute atomic E-state index is 6.06. The van der Waals surface area contributed by atoms with Gasteiger partial charge in [-0.25, -0.2) is 0 Å². The number of hydrogen-bond donors (Lipinski definition) is 1. The summed E-state index contributed by atoms with van der Waals surface area (Å²) < 4.78 is 0.247. The number of nitrogens with two attached hydrogens (primary N) is 1. The van der Waals surface area contributed by atoms with E-state index in [1.807, 2.05) is 17.8 Å². The molecule has 1 aromatic carbocycles. The lowest BCUT2D eigenvalue weighted by atomic mass is 10.1. The van der Waals surface area contributed by atoms with Gasteiger partial charge in [-0.15, -0.1) is 0 Å². The van der Waals surface area contributed by atoms with Gasteiger partial charge in [0.15, 0.2) is 0 Å². The quantitative estimate of drug-likeness (QED) is 0.795. The standard InChI is InChI=1S/C12H16Cl2N2S/c1-12(2)7-16(3-4-17-12)11-6-9(14)8(13)5-10(11)15/h5-6H,3-4,7,15H2,1-2H3. The fourth-order valence-corrected chi connectivity index (χ4v) is 3.49. The smallest absolute Gasteiger partial charge is 0.0616 e. The summed E-state index contributed by atoms with van der Waals surface area (Å²) in [4.78, 5) is 2.29. The van der Waals surface area contributed by atoms with Crippen LogP contribution in [0.3, 0.4) is 0 Å². The number of halogens is 2. The van der Waals surface area contributed by atoms with Crippen LogP contribution in [0.25, 0.3) is 0 Å². The lowest BCUT2D eigenvalue weighted by Gasteiger charge is -2.39. The van der Waals surface area contributed by atoms with Crippen molar-refractivity contribution in [1.29, 1.82) is 0 Å². The topological polar surface area (TPSA) is 29.3 Å². The van der Waals surface area contributed by atoms with Gasteiger partial charge in [0.05, 0.1) is 21.4 Å². The Morgan fingerprint density at radius 2 is 1.94 bits per heavy atom. The van der Waals surface area contributed by atoms with E-state index in [1.165, 1.54) is 0 Å². The van der Waals surface area contributed by atoms with Crippen molar-refractivity contribution >= 4 is 46.3 Å². The third-order valence-corrected chi connectivity index (χ3v) is 4.86. The molecule has 1 heterocycles. The van der Waals surface area contributed by atoms with Gasteiger partial charge in [-0.2, -0.15) is 11.8 Å². The summed E-state index contributed by atoms with van der Waals surface area (Å²) in [6.45, 7) is 6.46. The molecule has 2 nitrogen and oxygen atoms in total. The Morgan fingerprint density at radius 3 is 2.59 bits per heavy atom. The number of nitrogen functional groups attached to an aromatic ring is 1. The average Bonchev–Trinajstić information content (AvgIpc) is 2.22. The SMILES string of the molecule is CC1(C)CN(c2cc(Cl)c(Cl)cc2N)CCS1. The van der Waals surface area contributed by atoms with Crippen LogP contribution >= 0.6 is 35.0 Å². The fraction of sp³-hybridized carbons (Fsp3) is 0.500. The zero-order valence-corrected chi connectivity index (χ0v) is 12.3. The molecular formula is C12H16Cl2N2S. The molecule has 2 rings (SSSR count). The minimum Gasteiger partial charge on any atom is -0.397 e. The Kier molecular flexibility index (Phi) is 3.71. The normalized spacial score (nSPS) is 19.4. The minimum atomic E-state index is 0.247. The monoisotopic (exact) mass is 290 g/mol. The van der Waals surface area contributed by atoms with Gasteiger partial charge in [0.25, 0.3) is 0 Å². The third-order valence-electron chi connectivity index (χ3n) is 2.84. The molecule has 17 heavy (non-hydrogen) atoms. The first-order valence-corrected chi connectivity index (χ1v) is 7.27. The van der Waals surface area contributed by atoms with Crippen LogP contribution in [0.5, 0.6) is 0 Å². The number of hydrogen-bond acceptors (Lipinski definition) is 3. The predicted octanol–water partition coefficient (Wildman–Crippen LogP) is 3.91. The molecule has 0 unspecified atom stereocenters. The summed E-state index contributed by atoms with van der Waals surface area (Å²) in [5.74, 6) is 1.10. The second kappa shape index (κ2) is 4.79. The second-order valence-corrected chi connectivity index (χ2v) is 7.47. The van der Waals surface area contributed by atoms with Gasteiger partial charge >= 0.3 is 0 Å². The Morgan fingerprint density at radius 1 is 1.29 bits per heavy atom. The molecule has 0 radical (unpaired) electrons. The zero-order valence-electron chi connectivity index (χ0n) is 9.96. The van der Waals surface area contributed by atoms with Gasteiger partial charge in [-0.3, -0.25) is 0 Å². The summed E-state index contributed by atoms with van der Waals surface area (Å²) in [5, 5.41) is 1.07. The van der Waals surface area contributed by atoms with E-state index in [2.05, 4.69) is 18.7 Å². The molecule has 0 bridgehead atoms. The number of rotatable bonds is 1. The van der Waals surface area contributed by atoms with E-state index in [-0.39, 0.29) is 4.75 Å². The molecule has 0 aromatic heterocycles. The highest BCUT2D eigenvalue weighted by Gasteiger charge is 2.28. The summed E-state index contributed by atoms with van der Waals surface area (Å²) in [5.41, 5.74) is 7.71. The van der Waals surface area contributed by atoms with Crippen molar-refractivity contribution in [2.45, 2.75) is 18.6 Å². The van der Waals surface area contributed by atoms with Crippen molar-refractivity contribution in [3.8, 4) is 0 Å². The molecule has 0 saturated carbocycles. The van der Waals surface area contributed by atoms with E-state index in [1.54, 1.807) is 6.07 Å². The summed E-state index contributed by atoms with van der Waals surface area (Å²) in [7, 11) is 0. The highest BCUT2D eigenvalue weighted by molar-refractivity contribution is 8.00. The second-order valence-electron chi connectivity index (χ2n) is 4.85. The Labute approximate surface area is 116 Å². The fourth-order valence-electron chi connectivity index (χ4n) is 2.05. The molecule has 1 saturated heterocycles. The van der Waals surface area contributed by atoms with Crippen LogP contribution in [0, 0.1) is 0 Å². The molecule has 0 atom stereocenters. The van der Waals surface area contributed by atoms with E-state index in [9.17, 15) is 0 Å². The number of nitrogens with zero attached hydrogens (tertiary/aromatic N) is 1. The largest absolute Gasteiger partial charge is 0.397 e. The van der Waals surface area contributed by atoms with Crippen LogP contribution in [0.15, 0.2) is 12.1 Å². The number of anilines is 2. The molecule has 1 aliphatic heterocycles. The summed E-state index contributed by atoms with van der Waals surface area (Å²) >= 11 is 14.0. The zero-order chi connectivity index (χ0) is 12.6.